The molecule has 1 aromatic rings. The molecular weight excluding hydrogens is 262 g/mol. The maximum Gasteiger partial charge on any atom is 0.411 e. The van der Waals surface area contributed by atoms with Crippen molar-refractivity contribution in [3.05, 3.63) is 24.3 Å². The van der Waals surface area contributed by atoms with Crippen LogP contribution in [0.2, 0.25) is 0 Å². The van der Waals surface area contributed by atoms with E-state index in [2.05, 4.69) is 15.4 Å². The lowest BCUT2D eigenvalue weighted by atomic mass is 10.2. The Morgan fingerprint density at radius 2 is 1.90 bits per heavy atom. The second-order valence-electron chi connectivity index (χ2n) is 4.04. The molecule has 1 aromatic carbocycles. The molecule has 2 amide bonds. The molecule has 1 rings (SSSR count). The van der Waals surface area contributed by atoms with Crippen molar-refractivity contribution in [2.75, 3.05) is 31.4 Å². The third-order valence-electron chi connectivity index (χ3n) is 2.59. The first kappa shape index (κ1) is 15.9. The smallest absolute Gasteiger partial charge is 0.411 e. The van der Waals surface area contributed by atoms with Gasteiger partial charge in [-0.15, -0.1) is 0 Å². The molecule has 0 aromatic heterocycles. The lowest BCUT2D eigenvalue weighted by Gasteiger charge is -2.13. The van der Waals surface area contributed by atoms with E-state index in [1.165, 1.54) is 14.2 Å². The number of carbonyl (C=O) groups excluding carboxylic acids is 2. The summed E-state index contributed by atoms with van der Waals surface area (Å²) in [6.07, 6.45) is -0.718. The topological polar surface area (TPSA) is 103 Å². The van der Waals surface area contributed by atoms with Gasteiger partial charge in [-0.25, -0.2) is 4.79 Å². The molecule has 0 spiro atoms. The van der Waals surface area contributed by atoms with Gasteiger partial charge in [0.1, 0.15) is 0 Å². The van der Waals surface area contributed by atoms with Crippen LogP contribution in [0.3, 0.4) is 0 Å². The number of nitrogens with one attached hydrogen (secondary N) is 2. The average molecular weight is 281 g/mol. The zero-order valence-electron chi connectivity index (χ0n) is 11.5. The SMILES string of the molecule is COC(=O)Nc1cccc(NC(=O)CC(CN)OC)c1. The Bertz CT molecular complexity index is 461. The van der Waals surface area contributed by atoms with Gasteiger partial charge in [-0.1, -0.05) is 6.07 Å². The quantitative estimate of drug-likeness (QED) is 0.726. The Morgan fingerprint density at radius 1 is 1.25 bits per heavy atom. The Balaban J connectivity index is 2.61. The molecule has 20 heavy (non-hydrogen) atoms. The standard InChI is InChI=1S/C13H19N3O4/c1-19-11(8-14)7-12(17)15-9-4-3-5-10(6-9)16-13(18)20-2/h3-6,11H,7-8,14H2,1-2H3,(H,15,17)(H,16,18). The minimum absolute atomic E-state index is 0.168. The van der Waals surface area contributed by atoms with Gasteiger partial charge in [0.05, 0.1) is 19.6 Å². The van der Waals surface area contributed by atoms with Crippen molar-refractivity contribution in [1.82, 2.24) is 0 Å². The molecule has 0 radical (unpaired) electrons. The van der Waals surface area contributed by atoms with Crippen LogP contribution in [-0.4, -0.2) is 38.9 Å². The van der Waals surface area contributed by atoms with Gasteiger partial charge in [0.2, 0.25) is 5.91 Å². The molecular formula is C13H19N3O4. The zero-order chi connectivity index (χ0) is 15.0. The molecule has 7 heteroatoms. The van der Waals surface area contributed by atoms with Crippen molar-refractivity contribution in [3.63, 3.8) is 0 Å². The highest BCUT2D eigenvalue weighted by Crippen LogP contribution is 2.15. The van der Waals surface area contributed by atoms with Gasteiger partial charge in [0.25, 0.3) is 0 Å². The number of carbonyl (C=O) groups is 2. The number of methoxy groups -OCH3 is 2. The molecule has 0 fully saturated rings. The van der Waals surface area contributed by atoms with E-state index in [1.807, 2.05) is 0 Å². The molecule has 4 N–H and O–H groups in total. The highest BCUT2D eigenvalue weighted by molar-refractivity contribution is 5.92. The van der Waals surface area contributed by atoms with Crippen molar-refractivity contribution in [1.29, 1.82) is 0 Å². The minimum Gasteiger partial charge on any atom is -0.453 e. The fourth-order valence-corrected chi connectivity index (χ4v) is 1.53. The van der Waals surface area contributed by atoms with Crippen molar-refractivity contribution in [3.8, 4) is 0 Å². The number of ether oxygens (including phenoxy) is 2. The molecule has 0 aliphatic carbocycles. The second-order valence-corrected chi connectivity index (χ2v) is 4.04. The first-order chi connectivity index (χ1) is 9.58. The number of anilines is 2. The summed E-state index contributed by atoms with van der Waals surface area (Å²) >= 11 is 0. The zero-order valence-corrected chi connectivity index (χ0v) is 11.5. The molecule has 0 saturated carbocycles. The third-order valence-corrected chi connectivity index (χ3v) is 2.59. The van der Waals surface area contributed by atoms with E-state index in [1.54, 1.807) is 24.3 Å². The van der Waals surface area contributed by atoms with Crippen LogP contribution < -0.4 is 16.4 Å². The molecule has 1 atom stereocenters. The third kappa shape index (κ3) is 5.25. The van der Waals surface area contributed by atoms with Crippen LogP contribution in [-0.2, 0) is 14.3 Å². The number of rotatable bonds is 6. The van der Waals surface area contributed by atoms with Crippen LogP contribution in [0.15, 0.2) is 24.3 Å². The molecule has 1 unspecified atom stereocenters. The number of hydrogen-bond donors (Lipinski definition) is 3. The summed E-state index contributed by atoms with van der Waals surface area (Å²) < 4.78 is 9.53. The molecule has 0 aliphatic rings. The Kier molecular flexibility index (Phi) is 6.48. The molecule has 0 heterocycles. The predicted octanol–water partition coefficient (Wildman–Crippen LogP) is 1.17. The number of benzene rings is 1. The van der Waals surface area contributed by atoms with Gasteiger partial charge < -0.3 is 20.5 Å². The minimum atomic E-state index is -0.573. The first-order valence-electron chi connectivity index (χ1n) is 6.06. The first-order valence-corrected chi connectivity index (χ1v) is 6.06. The summed E-state index contributed by atoms with van der Waals surface area (Å²) in [7, 11) is 2.78. The van der Waals surface area contributed by atoms with Crippen LogP contribution in [0.1, 0.15) is 6.42 Å². The average Bonchev–Trinajstić information content (AvgIpc) is 2.44. The second kappa shape index (κ2) is 8.13. The highest BCUT2D eigenvalue weighted by Gasteiger charge is 2.11. The maximum absolute atomic E-state index is 11.8. The van der Waals surface area contributed by atoms with Gasteiger partial charge >= 0.3 is 6.09 Å². The maximum atomic E-state index is 11.8. The summed E-state index contributed by atoms with van der Waals surface area (Å²) in [5.41, 5.74) is 6.54. The highest BCUT2D eigenvalue weighted by atomic mass is 16.5. The number of hydrogen-bond acceptors (Lipinski definition) is 5. The van der Waals surface area contributed by atoms with Crippen molar-refractivity contribution in [2.24, 2.45) is 5.73 Å². The van der Waals surface area contributed by atoms with E-state index < -0.39 is 6.09 Å². The monoisotopic (exact) mass is 281 g/mol. The fraction of sp³-hybridized carbons (Fsp3) is 0.385. The van der Waals surface area contributed by atoms with Gasteiger partial charge in [0.15, 0.2) is 0 Å². The normalized spacial score (nSPS) is 11.6. The largest absolute Gasteiger partial charge is 0.453 e. The Morgan fingerprint density at radius 3 is 2.45 bits per heavy atom. The Labute approximate surface area is 117 Å². The lowest BCUT2D eigenvalue weighted by Crippen LogP contribution is -2.28. The van der Waals surface area contributed by atoms with Gasteiger partial charge in [0, 0.05) is 25.0 Å². The number of amides is 2. The van der Waals surface area contributed by atoms with Gasteiger partial charge in [-0.2, -0.15) is 0 Å². The fourth-order valence-electron chi connectivity index (χ4n) is 1.53. The van der Waals surface area contributed by atoms with Crippen molar-refractivity contribution in [2.45, 2.75) is 12.5 Å². The van der Waals surface area contributed by atoms with Crippen LogP contribution >= 0.6 is 0 Å². The predicted molar refractivity (Wildman–Crippen MR) is 75.6 cm³/mol. The van der Waals surface area contributed by atoms with E-state index in [-0.39, 0.29) is 25.0 Å². The molecule has 7 nitrogen and oxygen atoms in total. The van der Waals surface area contributed by atoms with Crippen LogP contribution in [0.4, 0.5) is 16.2 Å². The lowest BCUT2D eigenvalue weighted by molar-refractivity contribution is -0.118. The molecule has 0 saturated heterocycles. The summed E-state index contributed by atoms with van der Waals surface area (Å²) in [6.45, 7) is 0.272. The summed E-state index contributed by atoms with van der Waals surface area (Å²) in [5.74, 6) is -0.211. The van der Waals surface area contributed by atoms with E-state index >= 15 is 0 Å². The van der Waals surface area contributed by atoms with Crippen molar-refractivity contribution >= 4 is 23.4 Å². The van der Waals surface area contributed by atoms with E-state index in [0.717, 1.165) is 0 Å². The summed E-state index contributed by atoms with van der Waals surface area (Å²) in [6, 6.07) is 6.73. The van der Waals surface area contributed by atoms with Crippen LogP contribution in [0.5, 0.6) is 0 Å². The number of nitrogens with two attached hydrogens (primary N) is 1. The molecule has 110 valence electrons. The summed E-state index contributed by atoms with van der Waals surface area (Å²) in [4.78, 5) is 22.9. The van der Waals surface area contributed by atoms with E-state index in [4.69, 9.17) is 10.5 Å². The van der Waals surface area contributed by atoms with Crippen LogP contribution in [0.25, 0.3) is 0 Å². The van der Waals surface area contributed by atoms with Gasteiger partial charge in [-0.3, -0.25) is 10.1 Å². The van der Waals surface area contributed by atoms with E-state index in [0.29, 0.717) is 11.4 Å². The molecule has 0 aliphatic heterocycles. The molecule has 0 bridgehead atoms. The van der Waals surface area contributed by atoms with E-state index in [9.17, 15) is 9.59 Å². The van der Waals surface area contributed by atoms with Gasteiger partial charge in [-0.05, 0) is 18.2 Å². The van der Waals surface area contributed by atoms with Crippen molar-refractivity contribution < 1.29 is 19.1 Å². The van der Waals surface area contributed by atoms with Crippen LogP contribution in [0, 0.1) is 0 Å². The Hall–Kier alpha value is -2.12. The summed E-state index contributed by atoms with van der Waals surface area (Å²) in [5, 5.41) is 5.22.